The SMILES string of the molecule is CCOP1(=O)CCN(Cc2cccnc2-c2ccc(Cl)cc2)CC1(CCCCN(C(=O)OC(C)(C)C)C(=O)OC(C)(C)C)C(=O)O. The zero-order valence-corrected chi connectivity index (χ0v) is 29.5. The van der Waals surface area contributed by atoms with Crippen molar-refractivity contribution in [2.24, 2.45) is 0 Å². The van der Waals surface area contributed by atoms with Crippen LogP contribution in [0, 0.1) is 0 Å². The molecular weight excluding hydrogens is 633 g/mol. The van der Waals surface area contributed by atoms with Gasteiger partial charge in [0.1, 0.15) is 11.2 Å². The molecule has 46 heavy (non-hydrogen) atoms. The standard InChI is InChI=1S/C33H47ClN3O8P/c1-8-43-46(42)21-20-36(22-25-12-11-18-35-27(25)24-13-15-26(34)16-14-24)23-33(46,28(38)39)17-9-10-19-37(29(40)44-31(2,3)4)30(41)45-32(5,6)7/h11-16,18H,8-10,17,19-23H2,1-7H3,(H,38,39). The number of carboxylic acids is 1. The molecule has 1 aliphatic rings. The summed E-state index contributed by atoms with van der Waals surface area (Å²) in [5.41, 5.74) is 0.830. The number of ether oxygens (including phenoxy) is 2. The Morgan fingerprint density at radius 1 is 1.02 bits per heavy atom. The Kier molecular flexibility index (Phi) is 12.5. The van der Waals surface area contributed by atoms with E-state index < -0.39 is 41.9 Å². The van der Waals surface area contributed by atoms with Crippen molar-refractivity contribution in [1.29, 1.82) is 0 Å². The molecule has 2 aromatic rings. The van der Waals surface area contributed by atoms with Gasteiger partial charge in [-0.3, -0.25) is 19.2 Å². The lowest BCUT2D eigenvalue weighted by Crippen LogP contribution is -2.54. The van der Waals surface area contributed by atoms with Crippen molar-refractivity contribution >= 4 is 37.1 Å². The first-order valence-corrected chi connectivity index (χ1v) is 17.7. The van der Waals surface area contributed by atoms with E-state index in [-0.39, 0.29) is 45.1 Å². The molecule has 1 aromatic carbocycles. The van der Waals surface area contributed by atoms with E-state index in [0.29, 0.717) is 18.1 Å². The third-order valence-electron chi connectivity index (χ3n) is 7.44. The number of carbonyl (C=O) groups excluding carboxylic acids is 2. The molecule has 1 aliphatic heterocycles. The van der Waals surface area contributed by atoms with Gasteiger partial charge < -0.3 is 19.1 Å². The van der Waals surface area contributed by atoms with E-state index in [1.165, 1.54) is 0 Å². The Hall–Kier alpha value is -2.98. The summed E-state index contributed by atoms with van der Waals surface area (Å²) < 4.78 is 30.9. The van der Waals surface area contributed by atoms with E-state index in [9.17, 15) is 24.1 Å². The van der Waals surface area contributed by atoms with Gasteiger partial charge in [0.15, 0.2) is 5.16 Å². The van der Waals surface area contributed by atoms with Crippen molar-refractivity contribution in [2.75, 3.05) is 32.4 Å². The Morgan fingerprint density at radius 3 is 2.17 bits per heavy atom. The van der Waals surface area contributed by atoms with E-state index in [1.807, 2.05) is 29.2 Å². The lowest BCUT2D eigenvalue weighted by atomic mass is 9.98. The molecule has 3 rings (SSSR count). The fourth-order valence-corrected chi connectivity index (χ4v) is 8.50. The van der Waals surface area contributed by atoms with Crippen molar-refractivity contribution in [3.05, 3.63) is 53.2 Å². The number of unbranched alkanes of at least 4 members (excludes halogenated alkanes) is 1. The average molecular weight is 680 g/mol. The topological polar surface area (TPSA) is 136 Å². The highest BCUT2D eigenvalue weighted by Crippen LogP contribution is 2.63. The zero-order chi connectivity index (χ0) is 34.3. The smallest absolute Gasteiger partial charge is 0.419 e. The van der Waals surface area contributed by atoms with Crippen molar-refractivity contribution in [3.8, 4) is 11.3 Å². The van der Waals surface area contributed by atoms with E-state index >= 15 is 0 Å². The molecule has 0 radical (unpaired) electrons. The first-order chi connectivity index (χ1) is 21.4. The number of amides is 2. The second-order valence-corrected chi connectivity index (χ2v) is 16.8. The molecule has 0 aliphatic carbocycles. The minimum atomic E-state index is -3.65. The Labute approximate surface area is 277 Å². The monoisotopic (exact) mass is 679 g/mol. The highest BCUT2D eigenvalue weighted by molar-refractivity contribution is 7.62. The summed E-state index contributed by atoms with van der Waals surface area (Å²) in [5.74, 6) is -1.20. The molecule has 0 bridgehead atoms. The molecule has 1 aromatic heterocycles. The first kappa shape index (κ1) is 37.5. The predicted octanol–water partition coefficient (Wildman–Crippen LogP) is 7.70. The summed E-state index contributed by atoms with van der Waals surface area (Å²) in [7, 11) is -3.65. The van der Waals surface area contributed by atoms with Crippen LogP contribution in [0.2, 0.25) is 5.02 Å². The summed E-state index contributed by atoms with van der Waals surface area (Å²) in [6, 6.07) is 11.1. The highest BCUT2D eigenvalue weighted by Gasteiger charge is 2.58. The van der Waals surface area contributed by atoms with Gasteiger partial charge in [0.25, 0.3) is 0 Å². The third kappa shape index (κ3) is 9.77. The van der Waals surface area contributed by atoms with Crippen LogP contribution in [0.25, 0.3) is 11.3 Å². The maximum Gasteiger partial charge on any atom is 0.419 e. The quantitative estimate of drug-likeness (QED) is 0.186. The molecule has 1 saturated heterocycles. The largest absolute Gasteiger partial charge is 0.480 e. The van der Waals surface area contributed by atoms with Gasteiger partial charge in [0, 0.05) is 49.1 Å². The fourth-order valence-electron chi connectivity index (χ4n) is 5.40. The van der Waals surface area contributed by atoms with Crippen molar-refractivity contribution in [2.45, 2.75) is 90.6 Å². The Bertz CT molecular complexity index is 1400. The number of imide groups is 1. The predicted molar refractivity (Wildman–Crippen MR) is 177 cm³/mol. The molecule has 2 heterocycles. The van der Waals surface area contributed by atoms with Gasteiger partial charge in [0.05, 0.1) is 12.3 Å². The van der Waals surface area contributed by atoms with Gasteiger partial charge in [-0.05, 0) is 91.5 Å². The Balaban J connectivity index is 1.83. The molecule has 2 atom stereocenters. The minimum absolute atomic E-state index is 0.00356. The first-order valence-electron chi connectivity index (χ1n) is 15.5. The van der Waals surface area contributed by atoms with Gasteiger partial charge in [0.2, 0.25) is 7.37 Å². The number of rotatable bonds is 11. The third-order valence-corrected chi connectivity index (χ3v) is 11.0. The van der Waals surface area contributed by atoms with Crippen molar-refractivity contribution < 1.29 is 38.1 Å². The number of aromatic nitrogens is 1. The molecular formula is C33H47ClN3O8P. The van der Waals surface area contributed by atoms with Crippen LogP contribution in [0.3, 0.4) is 0 Å². The summed E-state index contributed by atoms with van der Waals surface area (Å²) >= 11 is 6.09. The van der Waals surface area contributed by atoms with E-state index in [2.05, 4.69) is 4.98 Å². The second-order valence-electron chi connectivity index (χ2n) is 13.4. The molecule has 2 amide bonds. The van der Waals surface area contributed by atoms with E-state index in [4.69, 9.17) is 25.6 Å². The number of hydrogen-bond donors (Lipinski definition) is 1. The van der Waals surface area contributed by atoms with Crippen molar-refractivity contribution in [1.82, 2.24) is 14.8 Å². The molecule has 11 nitrogen and oxygen atoms in total. The van der Waals surface area contributed by atoms with Crippen molar-refractivity contribution in [3.63, 3.8) is 0 Å². The second kappa shape index (κ2) is 15.3. The molecule has 1 N–H and O–H groups in total. The fraction of sp³-hybridized carbons (Fsp3) is 0.576. The van der Waals surface area contributed by atoms with Crippen LogP contribution in [0.4, 0.5) is 9.59 Å². The number of benzene rings is 1. The van der Waals surface area contributed by atoms with E-state index in [0.717, 1.165) is 21.7 Å². The van der Waals surface area contributed by atoms with Gasteiger partial charge in [-0.1, -0.05) is 29.8 Å². The lowest BCUT2D eigenvalue weighted by Gasteiger charge is -2.45. The number of carboxylic acid groups (broad SMARTS) is 1. The average Bonchev–Trinajstić information content (AvgIpc) is 2.93. The molecule has 2 unspecified atom stereocenters. The summed E-state index contributed by atoms with van der Waals surface area (Å²) in [6.07, 6.45) is 0.574. The van der Waals surface area contributed by atoms with Gasteiger partial charge in [-0.2, -0.15) is 0 Å². The molecule has 1 fully saturated rings. The molecule has 254 valence electrons. The van der Waals surface area contributed by atoms with Crippen LogP contribution < -0.4 is 0 Å². The van der Waals surface area contributed by atoms with Gasteiger partial charge in [-0.15, -0.1) is 0 Å². The maximum absolute atomic E-state index is 14.3. The summed E-state index contributed by atoms with van der Waals surface area (Å²) in [4.78, 5) is 46.4. The van der Waals surface area contributed by atoms with Crippen LogP contribution >= 0.6 is 19.0 Å². The molecule has 13 heteroatoms. The number of nitrogens with zero attached hydrogens (tertiary/aromatic N) is 3. The van der Waals surface area contributed by atoms with Gasteiger partial charge >= 0.3 is 18.2 Å². The number of halogens is 1. The van der Waals surface area contributed by atoms with Crippen LogP contribution in [0.5, 0.6) is 0 Å². The zero-order valence-electron chi connectivity index (χ0n) is 27.9. The Morgan fingerprint density at radius 2 is 1.63 bits per heavy atom. The minimum Gasteiger partial charge on any atom is -0.480 e. The highest BCUT2D eigenvalue weighted by atomic mass is 35.5. The number of pyridine rings is 1. The number of carbonyl (C=O) groups is 3. The van der Waals surface area contributed by atoms with Crippen LogP contribution in [-0.4, -0.2) is 86.8 Å². The number of hydrogen-bond acceptors (Lipinski definition) is 9. The molecule has 0 spiro atoms. The van der Waals surface area contributed by atoms with E-state index in [1.54, 1.807) is 66.8 Å². The molecule has 0 saturated carbocycles. The van der Waals surface area contributed by atoms with Crippen LogP contribution in [0.1, 0.15) is 73.3 Å². The van der Waals surface area contributed by atoms with Gasteiger partial charge in [-0.25, -0.2) is 14.5 Å². The van der Waals surface area contributed by atoms with Crippen LogP contribution in [-0.2, 0) is 29.9 Å². The summed E-state index contributed by atoms with van der Waals surface area (Å²) in [5, 5.41) is 9.59. The number of aliphatic carboxylic acids is 1. The lowest BCUT2D eigenvalue weighted by molar-refractivity contribution is -0.141. The van der Waals surface area contributed by atoms with Crippen LogP contribution in [0.15, 0.2) is 42.6 Å². The maximum atomic E-state index is 14.3. The summed E-state index contributed by atoms with van der Waals surface area (Å²) in [6.45, 7) is 12.7. The normalized spacial score (nSPS) is 20.6.